The predicted molar refractivity (Wildman–Crippen MR) is 106 cm³/mol. The largest absolute Gasteiger partial charge is 0.494 e. The van der Waals surface area contributed by atoms with E-state index in [4.69, 9.17) is 14.2 Å². The highest BCUT2D eigenvalue weighted by molar-refractivity contribution is 6.03. The van der Waals surface area contributed by atoms with Gasteiger partial charge in [0.2, 0.25) is 6.79 Å². The van der Waals surface area contributed by atoms with E-state index >= 15 is 0 Å². The average Bonchev–Trinajstić information content (AvgIpc) is 3.18. The van der Waals surface area contributed by atoms with Crippen molar-refractivity contribution in [2.24, 2.45) is 0 Å². The highest BCUT2D eigenvalue weighted by Crippen LogP contribution is 2.35. The first-order valence-corrected chi connectivity index (χ1v) is 8.88. The molecule has 2 aromatic carbocycles. The summed E-state index contributed by atoms with van der Waals surface area (Å²) in [6, 6.07) is 16.2. The summed E-state index contributed by atoms with van der Waals surface area (Å²) in [4.78, 5) is 16.7. The molecule has 4 rings (SSSR count). The highest BCUT2D eigenvalue weighted by atomic mass is 16.7. The molecule has 0 bridgehead atoms. The molecular formula is C21H19N3O4. The van der Waals surface area contributed by atoms with Crippen molar-refractivity contribution < 1.29 is 19.0 Å². The van der Waals surface area contributed by atoms with Crippen LogP contribution in [0, 0.1) is 0 Å². The number of carbonyl (C=O) groups excluding carboxylic acids is 1. The Bertz CT molecular complexity index is 989. The Kier molecular flexibility index (Phi) is 4.97. The van der Waals surface area contributed by atoms with Gasteiger partial charge >= 0.3 is 0 Å². The van der Waals surface area contributed by atoms with Crippen molar-refractivity contribution >= 4 is 23.0 Å². The van der Waals surface area contributed by atoms with Crippen LogP contribution >= 0.6 is 0 Å². The van der Waals surface area contributed by atoms with E-state index in [0.29, 0.717) is 23.7 Å². The molecule has 7 heteroatoms. The molecule has 28 heavy (non-hydrogen) atoms. The molecule has 142 valence electrons. The Hall–Kier alpha value is -3.74. The summed E-state index contributed by atoms with van der Waals surface area (Å²) in [5, 5.41) is 6.07. The van der Waals surface area contributed by atoms with Crippen LogP contribution in [-0.4, -0.2) is 24.3 Å². The summed E-state index contributed by atoms with van der Waals surface area (Å²) < 4.78 is 16.1. The van der Waals surface area contributed by atoms with Crippen LogP contribution in [0.4, 0.5) is 17.1 Å². The number of nitrogens with one attached hydrogen (secondary N) is 2. The van der Waals surface area contributed by atoms with Crippen LogP contribution in [0.25, 0.3) is 0 Å². The van der Waals surface area contributed by atoms with Gasteiger partial charge in [0.05, 0.1) is 6.61 Å². The topological polar surface area (TPSA) is 81.7 Å². The van der Waals surface area contributed by atoms with Gasteiger partial charge < -0.3 is 24.8 Å². The van der Waals surface area contributed by atoms with Gasteiger partial charge in [-0.2, -0.15) is 0 Å². The quantitative estimate of drug-likeness (QED) is 0.670. The van der Waals surface area contributed by atoms with E-state index in [2.05, 4.69) is 15.6 Å². The van der Waals surface area contributed by atoms with Gasteiger partial charge in [-0.15, -0.1) is 0 Å². The van der Waals surface area contributed by atoms with E-state index in [9.17, 15) is 4.79 Å². The van der Waals surface area contributed by atoms with E-state index in [1.54, 1.807) is 30.5 Å². The van der Waals surface area contributed by atoms with Crippen molar-refractivity contribution in [3.8, 4) is 17.2 Å². The van der Waals surface area contributed by atoms with Gasteiger partial charge in [-0.05, 0) is 55.5 Å². The van der Waals surface area contributed by atoms with Gasteiger partial charge in [-0.1, -0.05) is 0 Å². The maximum atomic E-state index is 12.5. The lowest BCUT2D eigenvalue weighted by molar-refractivity contribution is 0.102. The molecule has 0 aliphatic carbocycles. The second-order valence-electron chi connectivity index (χ2n) is 6.03. The number of fused-ring (bicyclic) bond motifs is 1. The number of aromatic nitrogens is 1. The summed E-state index contributed by atoms with van der Waals surface area (Å²) >= 11 is 0. The van der Waals surface area contributed by atoms with Crippen LogP contribution in [0.3, 0.4) is 0 Å². The van der Waals surface area contributed by atoms with Crippen molar-refractivity contribution in [3.63, 3.8) is 0 Å². The van der Waals surface area contributed by atoms with E-state index in [-0.39, 0.29) is 12.7 Å². The van der Waals surface area contributed by atoms with E-state index in [0.717, 1.165) is 22.9 Å². The van der Waals surface area contributed by atoms with Gasteiger partial charge in [0, 0.05) is 29.3 Å². The molecule has 0 unspecified atom stereocenters. The number of amides is 1. The summed E-state index contributed by atoms with van der Waals surface area (Å²) in [5.74, 6) is 1.87. The molecular weight excluding hydrogens is 358 g/mol. The fourth-order valence-electron chi connectivity index (χ4n) is 2.77. The lowest BCUT2D eigenvalue weighted by Gasteiger charge is -2.10. The Labute approximate surface area is 162 Å². The first kappa shape index (κ1) is 17.7. The molecule has 3 aromatic rings. The molecule has 2 heterocycles. The Morgan fingerprint density at radius 1 is 1.00 bits per heavy atom. The number of nitrogens with zero attached hydrogens (tertiary/aromatic N) is 1. The number of pyridine rings is 1. The smallest absolute Gasteiger partial charge is 0.274 e. The fraction of sp³-hybridized carbons (Fsp3) is 0.143. The molecule has 1 aliphatic rings. The third-order valence-corrected chi connectivity index (χ3v) is 4.08. The van der Waals surface area contributed by atoms with Gasteiger partial charge in [-0.25, -0.2) is 0 Å². The van der Waals surface area contributed by atoms with Gasteiger partial charge in [0.15, 0.2) is 11.5 Å². The molecule has 2 N–H and O–H groups in total. The lowest BCUT2D eigenvalue weighted by atomic mass is 10.2. The third-order valence-electron chi connectivity index (χ3n) is 4.08. The Morgan fingerprint density at radius 2 is 1.75 bits per heavy atom. The van der Waals surface area contributed by atoms with E-state index in [1.807, 2.05) is 37.3 Å². The molecule has 1 aliphatic heterocycles. The zero-order valence-electron chi connectivity index (χ0n) is 15.3. The molecule has 0 saturated carbocycles. The zero-order valence-corrected chi connectivity index (χ0v) is 15.3. The molecule has 0 fully saturated rings. The molecule has 0 radical (unpaired) electrons. The molecule has 1 aromatic heterocycles. The summed E-state index contributed by atoms with van der Waals surface area (Å²) in [6.45, 7) is 2.74. The summed E-state index contributed by atoms with van der Waals surface area (Å²) in [5.41, 5.74) is 2.54. The number of benzene rings is 2. The van der Waals surface area contributed by atoms with Crippen LogP contribution in [0.5, 0.6) is 17.2 Å². The number of carbonyl (C=O) groups is 1. The maximum Gasteiger partial charge on any atom is 0.274 e. The molecule has 0 atom stereocenters. The van der Waals surface area contributed by atoms with Crippen LogP contribution in [0.15, 0.2) is 60.8 Å². The number of hydrogen-bond donors (Lipinski definition) is 2. The van der Waals surface area contributed by atoms with Crippen molar-refractivity contribution in [2.45, 2.75) is 6.92 Å². The predicted octanol–water partition coefficient (Wildman–Crippen LogP) is 4.20. The summed E-state index contributed by atoms with van der Waals surface area (Å²) in [7, 11) is 0. The number of hydrogen-bond acceptors (Lipinski definition) is 6. The van der Waals surface area contributed by atoms with Crippen molar-refractivity contribution in [2.75, 3.05) is 24.0 Å². The molecule has 0 saturated heterocycles. The second-order valence-corrected chi connectivity index (χ2v) is 6.03. The van der Waals surface area contributed by atoms with Gasteiger partial charge in [0.1, 0.15) is 11.4 Å². The minimum atomic E-state index is -0.293. The minimum absolute atomic E-state index is 0.226. The Balaban J connectivity index is 1.44. The summed E-state index contributed by atoms with van der Waals surface area (Å²) in [6.07, 6.45) is 1.59. The van der Waals surface area contributed by atoms with Gasteiger partial charge in [0.25, 0.3) is 5.91 Å². The zero-order chi connectivity index (χ0) is 19.3. The van der Waals surface area contributed by atoms with Crippen LogP contribution in [0.1, 0.15) is 17.4 Å². The first-order chi connectivity index (χ1) is 13.7. The number of anilines is 3. The van der Waals surface area contributed by atoms with Crippen LogP contribution in [0.2, 0.25) is 0 Å². The lowest BCUT2D eigenvalue weighted by Crippen LogP contribution is -2.13. The molecule has 7 nitrogen and oxygen atoms in total. The number of ether oxygens (including phenoxy) is 3. The normalized spacial score (nSPS) is 11.8. The molecule has 1 amide bonds. The maximum absolute atomic E-state index is 12.5. The average molecular weight is 377 g/mol. The number of rotatable bonds is 6. The first-order valence-electron chi connectivity index (χ1n) is 8.88. The van der Waals surface area contributed by atoms with Crippen molar-refractivity contribution in [1.82, 2.24) is 4.98 Å². The highest BCUT2D eigenvalue weighted by Gasteiger charge is 2.14. The van der Waals surface area contributed by atoms with Crippen LogP contribution in [-0.2, 0) is 0 Å². The SMILES string of the molecule is CCOc1ccc(NC(=O)c2cc(Nc3ccc4c(c3)OCO4)ccn2)cc1. The second kappa shape index (κ2) is 7.87. The fourth-order valence-corrected chi connectivity index (χ4v) is 2.77. The van der Waals surface area contributed by atoms with Gasteiger partial charge in [-0.3, -0.25) is 9.78 Å². The van der Waals surface area contributed by atoms with Crippen molar-refractivity contribution in [3.05, 3.63) is 66.5 Å². The Morgan fingerprint density at radius 3 is 2.57 bits per heavy atom. The van der Waals surface area contributed by atoms with Crippen LogP contribution < -0.4 is 24.8 Å². The van der Waals surface area contributed by atoms with Crippen molar-refractivity contribution in [1.29, 1.82) is 0 Å². The standard InChI is InChI=1S/C21H19N3O4/c1-2-26-17-6-3-14(4-7-17)24-21(25)18-11-16(9-10-22-18)23-15-5-8-19-20(12-15)28-13-27-19/h3-12H,2,13H2,1H3,(H,22,23)(H,24,25). The molecule has 0 spiro atoms. The third kappa shape index (κ3) is 3.98. The monoisotopic (exact) mass is 377 g/mol. The van der Waals surface area contributed by atoms with E-state index in [1.165, 1.54) is 0 Å². The minimum Gasteiger partial charge on any atom is -0.494 e. The van der Waals surface area contributed by atoms with E-state index < -0.39 is 0 Å².